The van der Waals surface area contributed by atoms with Gasteiger partial charge < -0.3 is 10.1 Å². The van der Waals surface area contributed by atoms with Crippen molar-refractivity contribution >= 4 is 23.2 Å². The Balaban J connectivity index is 1.59. The van der Waals surface area contributed by atoms with E-state index in [2.05, 4.69) is 15.0 Å². The molecule has 0 aromatic heterocycles. The van der Waals surface area contributed by atoms with Gasteiger partial charge in [0.25, 0.3) is 0 Å². The molecule has 0 saturated heterocycles. The molecule has 4 nitrogen and oxygen atoms in total. The predicted octanol–water partition coefficient (Wildman–Crippen LogP) is 4.54. The predicted molar refractivity (Wildman–Crippen MR) is 96.6 cm³/mol. The van der Waals surface area contributed by atoms with E-state index in [0.717, 1.165) is 18.4 Å². The van der Waals surface area contributed by atoms with Crippen LogP contribution in [0.3, 0.4) is 0 Å². The highest BCUT2D eigenvalue weighted by molar-refractivity contribution is 6.32. The molecule has 1 fully saturated rings. The normalized spacial score (nSPS) is 13.9. The highest BCUT2D eigenvalue weighted by atomic mass is 35.5. The Hall–Kier alpha value is -2.18. The lowest BCUT2D eigenvalue weighted by Gasteiger charge is -2.21. The number of hydrogen-bond acceptors (Lipinski definition) is 3. The number of rotatable bonds is 8. The summed E-state index contributed by atoms with van der Waals surface area (Å²) in [5.41, 5.74) is 1.60. The van der Waals surface area contributed by atoms with Crippen molar-refractivity contribution in [3.05, 3.63) is 59.1 Å². The van der Waals surface area contributed by atoms with E-state index in [1.165, 1.54) is 18.2 Å². The van der Waals surface area contributed by atoms with Crippen LogP contribution in [-0.4, -0.2) is 30.0 Å². The van der Waals surface area contributed by atoms with Crippen LogP contribution in [0.4, 0.5) is 14.5 Å². The van der Waals surface area contributed by atoms with Gasteiger partial charge >= 0.3 is 6.61 Å². The van der Waals surface area contributed by atoms with Gasteiger partial charge in [-0.3, -0.25) is 9.69 Å². The van der Waals surface area contributed by atoms with Crippen molar-refractivity contribution in [2.24, 2.45) is 0 Å². The first-order valence-corrected chi connectivity index (χ1v) is 8.71. The number of anilines is 1. The maximum Gasteiger partial charge on any atom is 0.387 e. The largest absolute Gasteiger partial charge is 0.433 e. The molecule has 1 saturated carbocycles. The number of nitrogens with one attached hydrogen (secondary N) is 1. The Morgan fingerprint density at radius 2 is 1.96 bits per heavy atom. The molecular weight excluding hydrogens is 362 g/mol. The summed E-state index contributed by atoms with van der Waals surface area (Å²) >= 11 is 5.91. The third kappa shape index (κ3) is 5.41. The third-order valence-electron chi connectivity index (χ3n) is 4.07. The van der Waals surface area contributed by atoms with Gasteiger partial charge in [0.1, 0.15) is 5.75 Å². The van der Waals surface area contributed by atoms with Gasteiger partial charge in [0, 0.05) is 18.3 Å². The minimum absolute atomic E-state index is 0.0198. The Morgan fingerprint density at radius 3 is 2.58 bits per heavy atom. The molecule has 3 rings (SSSR count). The summed E-state index contributed by atoms with van der Waals surface area (Å²) in [6, 6.07) is 14.6. The molecule has 26 heavy (non-hydrogen) atoms. The fraction of sp³-hybridized carbons (Fsp3) is 0.316. The average molecular weight is 381 g/mol. The van der Waals surface area contributed by atoms with E-state index in [1.807, 2.05) is 30.3 Å². The lowest BCUT2D eigenvalue weighted by atomic mass is 10.2. The van der Waals surface area contributed by atoms with E-state index in [-0.39, 0.29) is 23.2 Å². The Labute approximate surface area is 155 Å². The van der Waals surface area contributed by atoms with Gasteiger partial charge in [-0.2, -0.15) is 8.78 Å². The van der Waals surface area contributed by atoms with Crippen molar-refractivity contribution in [1.29, 1.82) is 0 Å². The lowest BCUT2D eigenvalue weighted by Crippen LogP contribution is -2.34. The topological polar surface area (TPSA) is 41.6 Å². The number of carbonyl (C=O) groups is 1. The molecule has 0 heterocycles. The van der Waals surface area contributed by atoms with Gasteiger partial charge in [0.15, 0.2) is 0 Å². The van der Waals surface area contributed by atoms with Gasteiger partial charge in [-0.15, -0.1) is 0 Å². The van der Waals surface area contributed by atoms with Crippen LogP contribution in [0.15, 0.2) is 48.5 Å². The molecule has 1 aliphatic rings. The van der Waals surface area contributed by atoms with E-state index in [1.54, 1.807) is 0 Å². The fourth-order valence-electron chi connectivity index (χ4n) is 2.73. The van der Waals surface area contributed by atoms with Crippen LogP contribution in [0.5, 0.6) is 5.75 Å². The Morgan fingerprint density at radius 1 is 1.23 bits per heavy atom. The van der Waals surface area contributed by atoms with Crippen molar-refractivity contribution in [2.75, 3.05) is 11.9 Å². The van der Waals surface area contributed by atoms with E-state index in [9.17, 15) is 13.6 Å². The maximum atomic E-state index is 12.4. The van der Waals surface area contributed by atoms with Gasteiger partial charge in [0.05, 0.1) is 11.6 Å². The van der Waals surface area contributed by atoms with Crippen LogP contribution >= 0.6 is 11.6 Å². The zero-order chi connectivity index (χ0) is 18.5. The molecule has 2 aromatic rings. The van der Waals surface area contributed by atoms with Gasteiger partial charge in [0.2, 0.25) is 5.91 Å². The summed E-state index contributed by atoms with van der Waals surface area (Å²) in [5.74, 6) is -0.297. The molecule has 0 unspecified atom stereocenters. The van der Waals surface area contributed by atoms with E-state index < -0.39 is 6.61 Å². The molecule has 0 radical (unpaired) electrons. The van der Waals surface area contributed by atoms with Gasteiger partial charge in [-0.05, 0) is 36.6 Å². The highest BCUT2D eigenvalue weighted by Crippen LogP contribution is 2.30. The Kier molecular flexibility index (Phi) is 6.06. The summed E-state index contributed by atoms with van der Waals surface area (Å²) in [6.45, 7) is -1.98. The highest BCUT2D eigenvalue weighted by Gasteiger charge is 2.30. The van der Waals surface area contributed by atoms with Gasteiger partial charge in [-0.25, -0.2) is 0 Å². The van der Waals surface area contributed by atoms with Crippen LogP contribution in [0, 0.1) is 0 Å². The number of alkyl halides is 2. The first kappa shape index (κ1) is 18.6. The molecule has 0 aliphatic heterocycles. The number of halogens is 3. The second-order valence-corrected chi connectivity index (χ2v) is 6.60. The zero-order valence-electron chi connectivity index (χ0n) is 14.0. The number of carbonyl (C=O) groups excluding carboxylic acids is 1. The van der Waals surface area contributed by atoms with E-state index >= 15 is 0 Å². The number of hydrogen-bond donors (Lipinski definition) is 1. The SMILES string of the molecule is O=C(CN(Cc1ccccc1)C1CC1)Nc1ccc(OC(F)F)c(Cl)c1. The second kappa shape index (κ2) is 8.47. The maximum absolute atomic E-state index is 12.4. The van der Waals surface area contributed by atoms with Crippen molar-refractivity contribution < 1.29 is 18.3 Å². The fourth-order valence-corrected chi connectivity index (χ4v) is 2.95. The van der Waals surface area contributed by atoms with Crippen molar-refractivity contribution in [3.8, 4) is 5.75 Å². The van der Waals surface area contributed by atoms with Crippen molar-refractivity contribution in [1.82, 2.24) is 4.90 Å². The van der Waals surface area contributed by atoms with Crippen LogP contribution in [0.1, 0.15) is 18.4 Å². The molecule has 1 amide bonds. The number of amides is 1. The van der Waals surface area contributed by atoms with E-state index in [4.69, 9.17) is 11.6 Å². The van der Waals surface area contributed by atoms with Crippen LogP contribution in [-0.2, 0) is 11.3 Å². The molecule has 0 bridgehead atoms. The number of ether oxygens (including phenoxy) is 1. The first-order chi connectivity index (χ1) is 12.5. The minimum atomic E-state index is -2.95. The third-order valence-corrected chi connectivity index (χ3v) is 4.37. The molecule has 7 heteroatoms. The number of benzene rings is 2. The quantitative estimate of drug-likeness (QED) is 0.730. The summed E-state index contributed by atoms with van der Waals surface area (Å²) in [4.78, 5) is 14.5. The molecule has 138 valence electrons. The Bertz CT molecular complexity index is 754. The van der Waals surface area contributed by atoms with Crippen LogP contribution < -0.4 is 10.1 Å². The van der Waals surface area contributed by atoms with E-state index in [0.29, 0.717) is 18.3 Å². The van der Waals surface area contributed by atoms with Crippen molar-refractivity contribution in [2.45, 2.75) is 32.0 Å². The lowest BCUT2D eigenvalue weighted by molar-refractivity contribution is -0.117. The van der Waals surface area contributed by atoms with Gasteiger partial charge in [-0.1, -0.05) is 41.9 Å². The summed E-state index contributed by atoms with van der Waals surface area (Å²) in [5, 5.41) is 2.77. The monoisotopic (exact) mass is 380 g/mol. The molecule has 0 spiro atoms. The van der Waals surface area contributed by atoms with Crippen LogP contribution in [0.25, 0.3) is 0 Å². The summed E-state index contributed by atoms with van der Waals surface area (Å²) < 4.78 is 28.8. The second-order valence-electron chi connectivity index (χ2n) is 6.19. The zero-order valence-corrected chi connectivity index (χ0v) is 14.8. The average Bonchev–Trinajstić information content (AvgIpc) is 3.42. The van der Waals surface area contributed by atoms with Crippen LogP contribution in [0.2, 0.25) is 5.02 Å². The summed E-state index contributed by atoms with van der Waals surface area (Å²) in [6.07, 6.45) is 2.18. The summed E-state index contributed by atoms with van der Waals surface area (Å²) in [7, 11) is 0. The molecule has 1 N–H and O–H groups in total. The minimum Gasteiger partial charge on any atom is -0.433 e. The van der Waals surface area contributed by atoms with Crippen molar-refractivity contribution in [3.63, 3.8) is 0 Å². The smallest absolute Gasteiger partial charge is 0.387 e. The molecule has 2 aromatic carbocycles. The molecule has 1 aliphatic carbocycles. The number of nitrogens with zero attached hydrogens (tertiary/aromatic N) is 1. The molecular formula is C19H19ClF2N2O2. The molecule has 0 atom stereocenters. The first-order valence-electron chi connectivity index (χ1n) is 8.33. The standard InChI is InChI=1S/C19H19ClF2N2O2/c20-16-10-14(6-9-17(16)26-19(21)22)23-18(25)12-24(15-7-8-15)11-13-4-2-1-3-5-13/h1-6,9-10,15,19H,7-8,11-12H2,(H,23,25).